The molecule has 0 nitrogen and oxygen atoms in total. The molecule has 0 radical (unpaired) electrons. The highest BCUT2D eigenvalue weighted by Crippen LogP contribution is 2.65. The SMILES string of the molecule is CCC1CC2(CCC2C)C1C. The quantitative estimate of drug-likeness (QED) is 0.539. The van der Waals surface area contributed by atoms with Crippen molar-refractivity contribution in [2.75, 3.05) is 0 Å². The van der Waals surface area contributed by atoms with Gasteiger partial charge < -0.3 is 0 Å². The highest BCUT2D eigenvalue weighted by atomic mass is 14.6. The summed E-state index contributed by atoms with van der Waals surface area (Å²) in [6, 6.07) is 0. The van der Waals surface area contributed by atoms with Gasteiger partial charge >= 0.3 is 0 Å². The van der Waals surface area contributed by atoms with E-state index in [9.17, 15) is 0 Å². The van der Waals surface area contributed by atoms with Gasteiger partial charge in [-0.25, -0.2) is 0 Å². The van der Waals surface area contributed by atoms with E-state index in [2.05, 4.69) is 20.8 Å². The summed E-state index contributed by atoms with van der Waals surface area (Å²) < 4.78 is 0. The summed E-state index contributed by atoms with van der Waals surface area (Å²) in [5.41, 5.74) is 0.834. The Balaban J connectivity index is 2.00. The van der Waals surface area contributed by atoms with Gasteiger partial charge in [-0.2, -0.15) is 0 Å². The van der Waals surface area contributed by atoms with Crippen molar-refractivity contribution in [3.63, 3.8) is 0 Å². The van der Waals surface area contributed by atoms with Crippen molar-refractivity contribution in [3.8, 4) is 0 Å². The smallest absolute Gasteiger partial charge is 0.0241 e. The van der Waals surface area contributed by atoms with E-state index < -0.39 is 0 Å². The number of hydrogen-bond donors (Lipinski definition) is 0. The molecule has 64 valence electrons. The third-order valence-electron chi connectivity index (χ3n) is 4.80. The molecule has 0 aromatic heterocycles. The molecule has 0 heterocycles. The second kappa shape index (κ2) is 2.24. The van der Waals surface area contributed by atoms with Gasteiger partial charge in [-0.1, -0.05) is 27.2 Å². The summed E-state index contributed by atoms with van der Waals surface area (Å²) in [5.74, 6) is 3.15. The minimum Gasteiger partial charge on any atom is -0.0651 e. The van der Waals surface area contributed by atoms with Crippen molar-refractivity contribution in [2.24, 2.45) is 23.2 Å². The van der Waals surface area contributed by atoms with Crippen LogP contribution in [0.2, 0.25) is 0 Å². The fourth-order valence-electron chi connectivity index (χ4n) is 3.44. The van der Waals surface area contributed by atoms with E-state index in [1.807, 2.05) is 0 Å². The van der Waals surface area contributed by atoms with Crippen LogP contribution in [0.25, 0.3) is 0 Å². The summed E-state index contributed by atoms with van der Waals surface area (Å²) in [4.78, 5) is 0. The number of hydrogen-bond acceptors (Lipinski definition) is 0. The van der Waals surface area contributed by atoms with Crippen molar-refractivity contribution >= 4 is 0 Å². The van der Waals surface area contributed by atoms with Crippen LogP contribution >= 0.6 is 0 Å². The topological polar surface area (TPSA) is 0 Å². The maximum atomic E-state index is 2.48. The molecule has 4 atom stereocenters. The van der Waals surface area contributed by atoms with Gasteiger partial charge in [-0.05, 0) is 42.4 Å². The van der Waals surface area contributed by atoms with Crippen LogP contribution < -0.4 is 0 Å². The van der Waals surface area contributed by atoms with E-state index in [-0.39, 0.29) is 0 Å². The monoisotopic (exact) mass is 152 g/mol. The van der Waals surface area contributed by atoms with Crippen LogP contribution in [0.1, 0.15) is 46.5 Å². The van der Waals surface area contributed by atoms with Gasteiger partial charge in [-0.3, -0.25) is 0 Å². The lowest BCUT2D eigenvalue weighted by atomic mass is 9.41. The van der Waals surface area contributed by atoms with Crippen molar-refractivity contribution < 1.29 is 0 Å². The van der Waals surface area contributed by atoms with Crippen LogP contribution in [0.5, 0.6) is 0 Å². The zero-order chi connectivity index (χ0) is 8.06. The van der Waals surface area contributed by atoms with Gasteiger partial charge in [0.25, 0.3) is 0 Å². The zero-order valence-electron chi connectivity index (χ0n) is 8.06. The van der Waals surface area contributed by atoms with Crippen LogP contribution in [-0.4, -0.2) is 0 Å². The first-order valence-electron chi connectivity index (χ1n) is 5.20. The predicted octanol–water partition coefficient (Wildman–Crippen LogP) is 3.47. The Morgan fingerprint density at radius 3 is 2.36 bits per heavy atom. The third kappa shape index (κ3) is 0.761. The molecule has 2 aliphatic carbocycles. The Morgan fingerprint density at radius 2 is 2.09 bits per heavy atom. The second-order valence-corrected chi connectivity index (χ2v) is 4.83. The Morgan fingerprint density at radius 1 is 1.36 bits per heavy atom. The second-order valence-electron chi connectivity index (χ2n) is 4.83. The lowest BCUT2D eigenvalue weighted by Crippen LogP contribution is -2.55. The van der Waals surface area contributed by atoms with Gasteiger partial charge in [-0.15, -0.1) is 0 Å². The first-order valence-corrected chi connectivity index (χ1v) is 5.20. The molecule has 0 heteroatoms. The maximum Gasteiger partial charge on any atom is -0.0241 e. The molecule has 0 N–H and O–H groups in total. The predicted molar refractivity (Wildman–Crippen MR) is 48.4 cm³/mol. The number of rotatable bonds is 1. The highest BCUT2D eigenvalue weighted by molar-refractivity contribution is 5.06. The standard InChI is InChI=1S/C11H20/c1-4-10-7-11(9(10)3)6-5-8(11)2/h8-10H,4-7H2,1-3H3. The molecular formula is C11H20. The summed E-state index contributed by atoms with van der Waals surface area (Å²) in [5, 5.41) is 0. The molecule has 2 saturated carbocycles. The van der Waals surface area contributed by atoms with Crippen LogP contribution in [0.3, 0.4) is 0 Å². The summed E-state index contributed by atoms with van der Waals surface area (Å²) in [6.45, 7) is 7.27. The summed E-state index contributed by atoms with van der Waals surface area (Å²) in [6.07, 6.45) is 5.99. The lowest BCUT2D eigenvalue weighted by molar-refractivity contribution is -0.143. The van der Waals surface area contributed by atoms with Crippen molar-refractivity contribution in [3.05, 3.63) is 0 Å². The Bertz CT molecular complexity index is 161. The molecule has 1 spiro atoms. The first-order chi connectivity index (χ1) is 5.20. The molecule has 0 amide bonds. The molecule has 0 bridgehead atoms. The lowest BCUT2D eigenvalue weighted by Gasteiger charge is -2.64. The Labute approximate surface area is 70.4 Å². The summed E-state index contributed by atoms with van der Waals surface area (Å²) in [7, 11) is 0. The van der Waals surface area contributed by atoms with E-state index >= 15 is 0 Å². The van der Waals surface area contributed by atoms with E-state index in [1.165, 1.54) is 19.3 Å². The fourth-order valence-corrected chi connectivity index (χ4v) is 3.44. The molecule has 0 aliphatic heterocycles. The molecule has 2 aliphatic rings. The molecule has 2 fully saturated rings. The molecular weight excluding hydrogens is 132 g/mol. The zero-order valence-corrected chi connectivity index (χ0v) is 8.06. The van der Waals surface area contributed by atoms with Gasteiger partial charge in [0.2, 0.25) is 0 Å². The summed E-state index contributed by atoms with van der Waals surface area (Å²) >= 11 is 0. The Kier molecular flexibility index (Phi) is 1.56. The van der Waals surface area contributed by atoms with E-state index in [4.69, 9.17) is 0 Å². The van der Waals surface area contributed by atoms with Crippen LogP contribution in [-0.2, 0) is 0 Å². The largest absolute Gasteiger partial charge is 0.0651 e. The highest BCUT2D eigenvalue weighted by Gasteiger charge is 2.57. The van der Waals surface area contributed by atoms with E-state index in [0.29, 0.717) is 0 Å². The Hall–Kier alpha value is 0. The maximum absolute atomic E-state index is 2.48. The molecule has 4 unspecified atom stereocenters. The van der Waals surface area contributed by atoms with Gasteiger partial charge in [0.05, 0.1) is 0 Å². The van der Waals surface area contributed by atoms with Crippen molar-refractivity contribution in [2.45, 2.75) is 46.5 Å². The fraction of sp³-hybridized carbons (Fsp3) is 1.00. The average Bonchev–Trinajstić information content (AvgIpc) is 2.00. The minimum atomic E-state index is 0.834. The van der Waals surface area contributed by atoms with E-state index in [1.54, 1.807) is 6.42 Å². The third-order valence-corrected chi connectivity index (χ3v) is 4.80. The molecule has 11 heavy (non-hydrogen) atoms. The minimum absolute atomic E-state index is 0.834. The van der Waals surface area contributed by atoms with Crippen molar-refractivity contribution in [1.82, 2.24) is 0 Å². The molecule has 0 aromatic carbocycles. The normalized spacial score (nSPS) is 55.4. The van der Waals surface area contributed by atoms with Gasteiger partial charge in [0, 0.05) is 0 Å². The first kappa shape index (κ1) is 7.64. The van der Waals surface area contributed by atoms with Crippen LogP contribution in [0.4, 0.5) is 0 Å². The average molecular weight is 152 g/mol. The van der Waals surface area contributed by atoms with E-state index in [0.717, 1.165) is 23.2 Å². The van der Waals surface area contributed by atoms with Crippen LogP contribution in [0.15, 0.2) is 0 Å². The van der Waals surface area contributed by atoms with Crippen molar-refractivity contribution in [1.29, 1.82) is 0 Å². The van der Waals surface area contributed by atoms with Gasteiger partial charge in [0.15, 0.2) is 0 Å². The van der Waals surface area contributed by atoms with Crippen LogP contribution in [0, 0.1) is 23.2 Å². The molecule has 0 saturated heterocycles. The molecule has 0 aromatic rings. The molecule has 2 rings (SSSR count). The van der Waals surface area contributed by atoms with Gasteiger partial charge in [0.1, 0.15) is 0 Å².